The van der Waals surface area contributed by atoms with E-state index >= 15 is 0 Å². The van der Waals surface area contributed by atoms with Crippen LogP contribution in [0.3, 0.4) is 0 Å². The molecule has 1 aromatic carbocycles. The van der Waals surface area contributed by atoms with E-state index in [-0.39, 0.29) is 5.70 Å². The van der Waals surface area contributed by atoms with Gasteiger partial charge in [0.25, 0.3) is 0 Å². The van der Waals surface area contributed by atoms with Crippen molar-refractivity contribution >= 4 is 16.6 Å². The summed E-state index contributed by atoms with van der Waals surface area (Å²) in [7, 11) is 1.99. The van der Waals surface area contributed by atoms with Crippen LogP contribution >= 0.6 is 0 Å². The molecule has 0 spiro atoms. The third-order valence-electron chi connectivity index (χ3n) is 4.23. The summed E-state index contributed by atoms with van der Waals surface area (Å²) in [6, 6.07) is 8.07. The monoisotopic (exact) mass is 324 g/mol. The molecule has 0 radical (unpaired) electrons. The summed E-state index contributed by atoms with van der Waals surface area (Å²) in [5.41, 5.74) is 0.903. The van der Waals surface area contributed by atoms with E-state index < -0.39 is 5.67 Å². The maximum atomic E-state index is 13.9. The van der Waals surface area contributed by atoms with Gasteiger partial charge in [0, 0.05) is 29.9 Å². The first kappa shape index (κ1) is 16.2. The summed E-state index contributed by atoms with van der Waals surface area (Å²) in [6.45, 7) is 8.65. The highest BCUT2D eigenvalue weighted by Crippen LogP contribution is 2.27. The maximum Gasteiger partial charge on any atom is 0.144 e. The Balaban J connectivity index is 1.99. The van der Waals surface area contributed by atoms with Crippen molar-refractivity contribution in [1.82, 2.24) is 14.5 Å². The van der Waals surface area contributed by atoms with Gasteiger partial charge in [0.05, 0.1) is 11.9 Å². The lowest BCUT2D eigenvalue weighted by atomic mass is 10.1. The van der Waals surface area contributed by atoms with Gasteiger partial charge in [0.1, 0.15) is 17.3 Å². The molecule has 5 heteroatoms. The summed E-state index contributed by atoms with van der Waals surface area (Å²) in [5.74, 6) is 1.54. The first-order chi connectivity index (χ1) is 11.3. The lowest BCUT2D eigenvalue weighted by Crippen LogP contribution is -2.21. The van der Waals surface area contributed by atoms with Crippen LogP contribution in [0.2, 0.25) is 0 Å². The van der Waals surface area contributed by atoms with Crippen LogP contribution in [0.25, 0.3) is 22.0 Å². The summed E-state index contributed by atoms with van der Waals surface area (Å²) < 4.78 is 16.0. The van der Waals surface area contributed by atoms with Gasteiger partial charge in [-0.05, 0) is 38.3 Å². The molecule has 0 saturated heterocycles. The van der Waals surface area contributed by atoms with Gasteiger partial charge in [0.2, 0.25) is 0 Å². The molecule has 0 amide bonds. The van der Waals surface area contributed by atoms with Gasteiger partial charge in [-0.3, -0.25) is 0 Å². The van der Waals surface area contributed by atoms with Gasteiger partial charge in [-0.15, -0.1) is 0 Å². The van der Waals surface area contributed by atoms with Crippen LogP contribution in [0.5, 0.6) is 0 Å². The number of aryl methyl sites for hydroxylation is 1. The predicted molar refractivity (Wildman–Crippen MR) is 96.6 cm³/mol. The summed E-state index contributed by atoms with van der Waals surface area (Å²) >= 11 is 0. The van der Waals surface area contributed by atoms with Crippen LogP contribution in [-0.4, -0.2) is 20.2 Å². The summed E-state index contributed by atoms with van der Waals surface area (Å²) in [6.07, 6.45) is 3.64. The number of imidazole rings is 1. The van der Waals surface area contributed by atoms with Crippen molar-refractivity contribution in [2.45, 2.75) is 26.4 Å². The van der Waals surface area contributed by atoms with Gasteiger partial charge in [-0.25, -0.2) is 14.4 Å². The van der Waals surface area contributed by atoms with Crippen molar-refractivity contribution in [3.05, 3.63) is 54.8 Å². The third kappa shape index (κ3) is 3.02. The second kappa shape index (κ2) is 5.74. The first-order valence-electron chi connectivity index (χ1n) is 7.79. The Kier molecular flexibility index (Phi) is 3.87. The molecular formula is C19H21FN4. The molecule has 2 heterocycles. The number of nitrogens with zero attached hydrogens (tertiary/aromatic N) is 3. The minimum absolute atomic E-state index is 0.285. The predicted octanol–water partition coefficient (Wildman–Crippen LogP) is 4.62. The Morgan fingerprint density at radius 2 is 1.92 bits per heavy atom. The van der Waals surface area contributed by atoms with Crippen LogP contribution in [-0.2, 0) is 7.05 Å². The standard InChI is InChI=1S/C19H21FN4/c1-12(19(3,4)20)23-18-9-16-8-14(6-7-15(16)10-22-18)17-11-21-13(2)24(17)5/h6-11H,1H2,2-5H3,(H,22,23). The summed E-state index contributed by atoms with van der Waals surface area (Å²) in [5, 5.41) is 4.99. The smallest absolute Gasteiger partial charge is 0.144 e. The second-order valence-corrected chi connectivity index (χ2v) is 6.46. The van der Waals surface area contributed by atoms with Crippen molar-refractivity contribution in [2.24, 2.45) is 7.05 Å². The van der Waals surface area contributed by atoms with Gasteiger partial charge in [0.15, 0.2) is 0 Å². The topological polar surface area (TPSA) is 42.7 Å². The van der Waals surface area contributed by atoms with E-state index in [9.17, 15) is 4.39 Å². The van der Waals surface area contributed by atoms with Crippen LogP contribution in [0.4, 0.5) is 10.2 Å². The lowest BCUT2D eigenvalue weighted by molar-refractivity contribution is 0.271. The normalized spacial score (nSPS) is 11.7. The zero-order valence-corrected chi connectivity index (χ0v) is 14.4. The second-order valence-electron chi connectivity index (χ2n) is 6.46. The van der Waals surface area contributed by atoms with E-state index in [0.29, 0.717) is 5.82 Å². The van der Waals surface area contributed by atoms with E-state index in [1.165, 1.54) is 13.8 Å². The fraction of sp³-hybridized carbons (Fsp3) is 0.263. The molecule has 3 rings (SSSR count). The minimum Gasteiger partial charge on any atom is -0.341 e. The van der Waals surface area contributed by atoms with Gasteiger partial charge >= 0.3 is 0 Å². The molecule has 0 aliphatic heterocycles. The van der Waals surface area contributed by atoms with Crippen molar-refractivity contribution in [2.75, 3.05) is 5.32 Å². The number of alkyl halides is 1. The largest absolute Gasteiger partial charge is 0.341 e. The average molecular weight is 324 g/mol. The third-order valence-corrected chi connectivity index (χ3v) is 4.23. The number of rotatable bonds is 4. The number of hydrogen-bond donors (Lipinski definition) is 1. The van der Waals surface area contributed by atoms with E-state index in [2.05, 4.69) is 38.6 Å². The zero-order valence-electron chi connectivity index (χ0n) is 14.4. The molecule has 4 nitrogen and oxygen atoms in total. The van der Waals surface area contributed by atoms with Crippen LogP contribution in [0, 0.1) is 6.92 Å². The number of nitrogens with one attached hydrogen (secondary N) is 1. The Morgan fingerprint density at radius 1 is 1.17 bits per heavy atom. The highest BCUT2D eigenvalue weighted by atomic mass is 19.1. The van der Waals surface area contributed by atoms with Crippen LogP contribution in [0.1, 0.15) is 19.7 Å². The number of benzene rings is 1. The van der Waals surface area contributed by atoms with Crippen molar-refractivity contribution in [3.8, 4) is 11.3 Å². The Bertz CT molecular complexity index is 919. The molecule has 2 aromatic heterocycles. The fourth-order valence-corrected chi connectivity index (χ4v) is 2.44. The molecule has 0 atom stereocenters. The molecule has 0 aliphatic rings. The SMILES string of the molecule is C=C(Nc1cc2cc(-c3cnc(C)n3C)ccc2cn1)C(C)(C)F. The number of fused-ring (bicyclic) bond motifs is 1. The maximum absolute atomic E-state index is 13.9. The van der Waals surface area contributed by atoms with Crippen LogP contribution in [0.15, 0.2) is 48.9 Å². The van der Waals surface area contributed by atoms with E-state index in [1.807, 2.05) is 32.3 Å². The van der Waals surface area contributed by atoms with E-state index in [4.69, 9.17) is 0 Å². The van der Waals surface area contributed by atoms with Crippen molar-refractivity contribution in [3.63, 3.8) is 0 Å². The number of allylic oxidation sites excluding steroid dienone is 1. The van der Waals surface area contributed by atoms with Gasteiger partial charge < -0.3 is 9.88 Å². The molecule has 1 N–H and O–H groups in total. The number of hydrogen-bond acceptors (Lipinski definition) is 3. The zero-order chi connectivity index (χ0) is 17.5. The Labute approximate surface area is 141 Å². The number of anilines is 1. The number of aromatic nitrogens is 3. The highest BCUT2D eigenvalue weighted by molar-refractivity contribution is 5.88. The van der Waals surface area contributed by atoms with Gasteiger partial charge in [-0.1, -0.05) is 18.7 Å². The minimum atomic E-state index is -1.51. The fourth-order valence-electron chi connectivity index (χ4n) is 2.44. The number of pyridine rings is 1. The molecule has 124 valence electrons. The van der Waals surface area contributed by atoms with E-state index in [1.54, 1.807) is 6.20 Å². The van der Waals surface area contributed by atoms with Crippen LogP contribution < -0.4 is 5.32 Å². The molecule has 0 unspecified atom stereocenters. The molecule has 0 saturated carbocycles. The molecule has 0 aliphatic carbocycles. The molecule has 3 aromatic rings. The molecule has 0 bridgehead atoms. The summed E-state index contributed by atoms with van der Waals surface area (Å²) in [4.78, 5) is 8.67. The highest BCUT2D eigenvalue weighted by Gasteiger charge is 2.20. The molecule has 0 fully saturated rings. The average Bonchev–Trinajstić information content (AvgIpc) is 2.85. The quantitative estimate of drug-likeness (QED) is 0.761. The van der Waals surface area contributed by atoms with E-state index in [0.717, 1.165) is 27.9 Å². The first-order valence-corrected chi connectivity index (χ1v) is 7.79. The Morgan fingerprint density at radius 3 is 2.54 bits per heavy atom. The Hall–Kier alpha value is -2.69. The van der Waals surface area contributed by atoms with Crippen molar-refractivity contribution < 1.29 is 4.39 Å². The molecule has 24 heavy (non-hydrogen) atoms. The van der Waals surface area contributed by atoms with Gasteiger partial charge in [-0.2, -0.15) is 0 Å². The lowest BCUT2D eigenvalue weighted by Gasteiger charge is -2.19. The molecular weight excluding hydrogens is 303 g/mol. The van der Waals surface area contributed by atoms with Crippen molar-refractivity contribution in [1.29, 1.82) is 0 Å². The number of halogens is 1.